The highest BCUT2D eigenvalue weighted by Crippen LogP contribution is 2.51. The van der Waals surface area contributed by atoms with Crippen molar-refractivity contribution in [2.75, 3.05) is 13.3 Å². The van der Waals surface area contributed by atoms with E-state index in [9.17, 15) is 9.59 Å². The SMILES string of the molecule is CSC1=NC2(CC(c3ccccc3)Oc3ccc(Br)cc32)C(=O)N1C.O=C1NC(=S)NC12CC(c1ccccc1)Oc1ccc(Br)cc12. The van der Waals surface area contributed by atoms with Crippen molar-refractivity contribution in [1.82, 2.24) is 15.5 Å². The number of hydrogen-bond acceptors (Lipinski definition) is 7. The summed E-state index contributed by atoms with van der Waals surface area (Å²) in [4.78, 5) is 32.4. The summed E-state index contributed by atoms with van der Waals surface area (Å²) in [5.41, 5.74) is 1.90. The number of benzene rings is 4. The van der Waals surface area contributed by atoms with Gasteiger partial charge >= 0.3 is 0 Å². The quantitative estimate of drug-likeness (QED) is 0.203. The number of halogens is 2. The first-order chi connectivity index (χ1) is 23.1. The van der Waals surface area contributed by atoms with Gasteiger partial charge in [-0.3, -0.25) is 14.5 Å². The van der Waals surface area contributed by atoms with Crippen LogP contribution in [-0.4, -0.2) is 40.3 Å². The van der Waals surface area contributed by atoms with Crippen molar-refractivity contribution in [2.24, 2.45) is 4.99 Å². The molecule has 0 radical (unpaired) electrons. The van der Waals surface area contributed by atoms with Crippen molar-refractivity contribution in [3.63, 3.8) is 0 Å². The number of fused-ring (bicyclic) bond motifs is 4. The number of amides is 2. The average Bonchev–Trinajstić information content (AvgIpc) is 3.52. The minimum atomic E-state index is -0.926. The molecule has 0 bridgehead atoms. The van der Waals surface area contributed by atoms with Gasteiger partial charge in [0.2, 0.25) is 0 Å². The Kier molecular flexibility index (Phi) is 8.86. The molecule has 2 N–H and O–H groups in total. The topological polar surface area (TPSA) is 92.3 Å². The summed E-state index contributed by atoms with van der Waals surface area (Å²) in [7, 11) is 1.79. The van der Waals surface area contributed by atoms with Crippen LogP contribution in [0.2, 0.25) is 0 Å². The molecule has 2 amide bonds. The van der Waals surface area contributed by atoms with Crippen LogP contribution >= 0.6 is 55.8 Å². The highest BCUT2D eigenvalue weighted by atomic mass is 79.9. The number of thioether (sulfide) groups is 1. The Morgan fingerprint density at radius 3 is 1.90 bits per heavy atom. The normalized spacial score (nSPS) is 25.2. The number of carbonyl (C=O) groups excluding carboxylic acids is 2. The first-order valence-corrected chi connectivity index (χ1v) is 18.4. The van der Waals surface area contributed by atoms with Crippen LogP contribution in [0.1, 0.15) is 47.3 Å². The lowest BCUT2D eigenvalue weighted by molar-refractivity contribution is -0.132. The molecule has 4 heterocycles. The zero-order valence-corrected chi connectivity index (χ0v) is 30.7. The molecule has 4 aromatic rings. The fraction of sp³-hybridized carbons (Fsp3) is 0.222. The van der Waals surface area contributed by atoms with Gasteiger partial charge < -0.3 is 20.1 Å². The van der Waals surface area contributed by atoms with Gasteiger partial charge in [-0.2, -0.15) is 0 Å². The zero-order chi connectivity index (χ0) is 33.6. The van der Waals surface area contributed by atoms with Crippen LogP contribution in [0, 0.1) is 0 Å². The summed E-state index contributed by atoms with van der Waals surface area (Å²) < 4.78 is 14.2. The van der Waals surface area contributed by atoms with E-state index in [1.54, 1.807) is 11.9 Å². The van der Waals surface area contributed by atoms with Crippen LogP contribution in [0.3, 0.4) is 0 Å². The molecular formula is C36H30Br2N4O4S2. The second-order valence-electron chi connectivity index (χ2n) is 11.9. The van der Waals surface area contributed by atoms with Crippen molar-refractivity contribution < 1.29 is 19.1 Å². The van der Waals surface area contributed by atoms with E-state index in [1.807, 2.05) is 103 Å². The van der Waals surface area contributed by atoms with Crippen LogP contribution in [-0.2, 0) is 20.7 Å². The molecule has 4 aromatic carbocycles. The van der Waals surface area contributed by atoms with Gasteiger partial charge in [-0.05, 0) is 66.0 Å². The molecule has 4 unspecified atom stereocenters. The Balaban J connectivity index is 0.000000152. The number of hydrogen-bond donors (Lipinski definition) is 2. The third-order valence-corrected chi connectivity index (χ3v) is 10.9. The lowest BCUT2D eigenvalue weighted by Gasteiger charge is -2.38. The van der Waals surface area contributed by atoms with E-state index >= 15 is 0 Å². The van der Waals surface area contributed by atoms with Crippen molar-refractivity contribution in [3.8, 4) is 11.5 Å². The second kappa shape index (κ2) is 13.0. The van der Waals surface area contributed by atoms with Crippen LogP contribution in [0.4, 0.5) is 0 Å². The van der Waals surface area contributed by atoms with Crippen molar-refractivity contribution in [3.05, 3.63) is 128 Å². The first kappa shape index (κ1) is 32.8. The number of thiocarbonyl (C=S) groups is 1. The molecule has 1 fully saturated rings. The van der Waals surface area contributed by atoms with Crippen molar-refractivity contribution in [2.45, 2.75) is 36.1 Å². The number of ether oxygens (including phenoxy) is 2. The maximum Gasteiger partial charge on any atom is 0.261 e. The van der Waals surface area contributed by atoms with Crippen LogP contribution in [0.15, 0.2) is 111 Å². The number of amidine groups is 1. The number of nitrogens with one attached hydrogen (secondary N) is 2. The Hall–Kier alpha value is -3.71. The number of rotatable bonds is 2. The zero-order valence-electron chi connectivity index (χ0n) is 25.9. The van der Waals surface area contributed by atoms with E-state index in [0.717, 1.165) is 42.1 Å². The molecule has 8 nitrogen and oxygen atoms in total. The molecule has 4 aliphatic heterocycles. The summed E-state index contributed by atoms with van der Waals surface area (Å²) in [5.74, 6) is 1.28. The van der Waals surface area contributed by atoms with Crippen LogP contribution in [0.25, 0.3) is 0 Å². The minimum Gasteiger partial charge on any atom is -0.485 e. The lowest BCUT2D eigenvalue weighted by Crippen LogP contribution is -2.48. The standard InChI is InChI=1S/C19H17BrN2O2S.C17H13BrN2O2S/c1-22-17(23)19(21-18(22)25-2)11-16(12-6-4-3-5-7-12)24-15-9-8-13(20)10-14(15)19;18-11-6-7-13-12(8-11)17(15(21)19-16(23)20-17)9-14(22-13)10-4-2-1-3-5-10/h3-10,16H,11H2,1-2H3;1-8,14H,9H2,(H2,19,20,21,23). The summed E-state index contributed by atoms with van der Waals surface area (Å²) in [6.07, 6.45) is 2.48. The van der Waals surface area contributed by atoms with Gasteiger partial charge in [0.1, 0.15) is 23.7 Å². The fourth-order valence-electron chi connectivity index (χ4n) is 6.70. The summed E-state index contributed by atoms with van der Waals surface area (Å²) in [6.45, 7) is 0. The molecule has 0 aromatic heterocycles. The predicted octanol–water partition coefficient (Wildman–Crippen LogP) is 7.53. The summed E-state index contributed by atoms with van der Waals surface area (Å²) in [6, 6.07) is 31.4. The molecule has 244 valence electrons. The monoisotopic (exact) mass is 804 g/mol. The van der Waals surface area contributed by atoms with Gasteiger partial charge in [-0.25, -0.2) is 4.99 Å². The van der Waals surface area contributed by atoms with E-state index in [0.29, 0.717) is 23.7 Å². The summed E-state index contributed by atoms with van der Waals surface area (Å²) >= 11 is 13.6. The Bertz CT molecular complexity index is 1960. The maximum atomic E-state index is 13.2. The van der Waals surface area contributed by atoms with Crippen molar-refractivity contribution in [1.29, 1.82) is 0 Å². The molecule has 4 aliphatic rings. The molecule has 8 rings (SSSR count). The molecular weight excluding hydrogens is 776 g/mol. The van der Waals surface area contributed by atoms with Gasteiger partial charge in [0, 0.05) is 40.0 Å². The smallest absolute Gasteiger partial charge is 0.261 e. The van der Waals surface area contributed by atoms with Gasteiger partial charge in [-0.15, -0.1) is 0 Å². The molecule has 4 atom stereocenters. The average molecular weight is 807 g/mol. The summed E-state index contributed by atoms with van der Waals surface area (Å²) in [5, 5.41) is 6.99. The maximum absolute atomic E-state index is 13.2. The second-order valence-corrected chi connectivity index (χ2v) is 14.9. The number of aliphatic imine (C=N–C) groups is 1. The van der Waals surface area contributed by atoms with Crippen LogP contribution < -0.4 is 20.1 Å². The van der Waals surface area contributed by atoms with E-state index in [2.05, 4.69) is 42.5 Å². The van der Waals surface area contributed by atoms with Gasteiger partial charge in [0.05, 0.1) is 0 Å². The molecule has 0 aliphatic carbocycles. The third kappa shape index (κ3) is 5.72. The van der Waals surface area contributed by atoms with E-state index in [1.165, 1.54) is 11.8 Å². The lowest BCUT2D eigenvalue weighted by atomic mass is 9.80. The number of carbonyl (C=O) groups is 2. The molecule has 48 heavy (non-hydrogen) atoms. The number of nitrogens with zero attached hydrogens (tertiary/aromatic N) is 2. The van der Waals surface area contributed by atoms with Crippen LogP contribution in [0.5, 0.6) is 11.5 Å². The molecule has 0 saturated carbocycles. The first-order valence-electron chi connectivity index (χ1n) is 15.2. The molecule has 12 heteroatoms. The van der Waals surface area contributed by atoms with E-state index < -0.39 is 11.1 Å². The van der Waals surface area contributed by atoms with Gasteiger partial charge in [0.15, 0.2) is 21.4 Å². The fourth-order valence-corrected chi connectivity index (χ4v) is 8.29. The van der Waals surface area contributed by atoms with Gasteiger partial charge in [-0.1, -0.05) is 104 Å². The van der Waals surface area contributed by atoms with Crippen molar-refractivity contribution >= 4 is 77.9 Å². The predicted molar refractivity (Wildman–Crippen MR) is 198 cm³/mol. The third-order valence-electron chi connectivity index (χ3n) is 9.00. The Morgan fingerprint density at radius 2 is 1.38 bits per heavy atom. The Labute approximate surface area is 304 Å². The highest BCUT2D eigenvalue weighted by Gasteiger charge is 2.54. The highest BCUT2D eigenvalue weighted by molar-refractivity contribution is 9.10. The molecule has 2 spiro atoms. The van der Waals surface area contributed by atoms with E-state index in [4.69, 9.17) is 26.7 Å². The Morgan fingerprint density at radius 1 is 0.833 bits per heavy atom. The number of likely N-dealkylation sites (N-methyl/N-ethyl adjacent to an activating group) is 1. The van der Waals surface area contributed by atoms with E-state index in [-0.39, 0.29) is 24.0 Å². The largest absolute Gasteiger partial charge is 0.485 e. The molecule has 1 saturated heterocycles. The minimum absolute atomic E-state index is 0.000399. The van der Waals surface area contributed by atoms with Gasteiger partial charge in [0.25, 0.3) is 11.8 Å².